The lowest BCUT2D eigenvalue weighted by atomic mass is 10.1. The van der Waals surface area contributed by atoms with E-state index in [0.717, 1.165) is 50.6 Å². The van der Waals surface area contributed by atoms with Crippen LogP contribution in [0.2, 0.25) is 0 Å². The molecule has 1 aliphatic heterocycles. The zero-order valence-corrected chi connectivity index (χ0v) is 18.7. The molecule has 0 unspecified atom stereocenters. The van der Waals surface area contributed by atoms with Gasteiger partial charge in [-0.05, 0) is 51.4 Å². The van der Waals surface area contributed by atoms with E-state index in [2.05, 4.69) is 50.2 Å². The first kappa shape index (κ1) is 21.9. The van der Waals surface area contributed by atoms with Gasteiger partial charge < -0.3 is 20.1 Å². The SMILES string of the molecule is CCNC(=NCCCn1cnc2ccccc21)NCCN1CCCCC1.I. The van der Waals surface area contributed by atoms with Crippen molar-refractivity contribution in [3.63, 3.8) is 0 Å². The highest BCUT2D eigenvalue weighted by molar-refractivity contribution is 14.0. The number of benzene rings is 1. The Kier molecular flexibility index (Phi) is 9.90. The van der Waals surface area contributed by atoms with E-state index < -0.39 is 0 Å². The molecule has 2 aromatic rings. The Morgan fingerprint density at radius 2 is 1.93 bits per heavy atom. The van der Waals surface area contributed by atoms with E-state index in [1.807, 2.05) is 12.4 Å². The second-order valence-corrected chi connectivity index (χ2v) is 6.87. The van der Waals surface area contributed by atoms with Gasteiger partial charge >= 0.3 is 0 Å². The summed E-state index contributed by atoms with van der Waals surface area (Å²) in [6.07, 6.45) is 7.01. The molecule has 2 N–H and O–H groups in total. The summed E-state index contributed by atoms with van der Waals surface area (Å²) in [5.74, 6) is 0.931. The Bertz CT molecular complexity index is 693. The Hall–Kier alpha value is -1.35. The van der Waals surface area contributed by atoms with Gasteiger partial charge in [0.2, 0.25) is 0 Å². The minimum atomic E-state index is 0. The molecule has 3 rings (SSSR count). The van der Waals surface area contributed by atoms with Crippen LogP contribution in [0.3, 0.4) is 0 Å². The monoisotopic (exact) mass is 484 g/mol. The molecule has 0 spiro atoms. The maximum atomic E-state index is 4.72. The highest BCUT2D eigenvalue weighted by Crippen LogP contribution is 2.12. The molecular weight excluding hydrogens is 451 g/mol. The van der Waals surface area contributed by atoms with Crippen molar-refractivity contribution in [3.05, 3.63) is 30.6 Å². The summed E-state index contributed by atoms with van der Waals surface area (Å²) < 4.78 is 2.21. The molecule has 0 aliphatic carbocycles. The number of hydrogen-bond donors (Lipinski definition) is 2. The van der Waals surface area contributed by atoms with Gasteiger partial charge in [-0.3, -0.25) is 4.99 Å². The van der Waals surface area contributed by atoms with E-state index >= 15 is 0 Å². The van der Waals surface area contributed by atoms with Gasteiger partial charge in [0, 0.05) is 32.7 Å². The number of para-hydroxylation sites is 2. The van der Waals surface area contributed by atoms with Gasteiger partial charge in [0.25, 0.3) is 0 Å². The third-order valence-corrected chi connectivity index (χ3v) is 4.87. The number of guanidine groups is 1. The molecular formula is C20H33IN6. The molecule has 0 saturated carbocycles. The van der Waals surface area contributed by atoms with Crippen molar-refractivity contribution in [2.45, 2.75) is 39.2 Å². The van der Waals surface area contributed by atoms with E-state index in [-0.39, 0.29) is 24.0 Å². The molecule has 7 heteroatoms. The third-order valence-electron chi connectivity index (χ3n) is 4.87. The van der Waals surface area contributed by atoms with E-state index in [9.17, 15) is 0 Å². The molecule has 1 aromatic carbocycles. The lowest BCUT2D eigenvalue weighted by Crippen LogP contribution is -2.42. The maximum absolute atomic E-state index is 4.72. The van der Waals surface area contributed by atoms with Crippen LogP contribution in [0.5, 0.6) is 0 Å². The number of hydrogen-bond acceptors (Lipinski definition) is 3. The summed E-state index contributed by atoms with van der Waals surface area (Å²) in [4.78, 5) is 11.7. The summed E-state index contributed by atoms with van der Waals surface area (Å²) in [6, 6.07) is 8.27. The van der Waals surface area contributed by atoms with Crippen molar-refractivity contribution in [1.29, 1.82) is 0 Å². The van der Waals surface area contributed by atoms with Crippen LogP contribution in [-0.2, 0) is 6.54 Å². The number of nitrogens with zero attached hydrogens (tertiary/aromatic N) is 4. The zero-order chi connectivity index (χ0) is 18.0. The summed E-state index contributed by atoms with van der Waals surface area (Å²) in [7, 11) is 0. The number of fused-ring (bicyclic) bond motifs is 1. The van der Waals surface area contributed by atoms with Crippen LogP contribution in [0.15, 0.2) is 35.6 Å². The number of likely N-dealkylation sites (tertiary alicyclic amines) is 1. The fraction of sp³-hybridized carbons (Fsp3) is 0.600. The summed E-state index contributed by atoms with van der Waals surface area (Å²) in [5, 5.41) is 6.81. The summed E-state index contributed by atoms with van der Waals surface area (Å²) in [6.45, 7) is 9.30. The number of nitrogens with one attached hydrogen (secondary N) is 2. The molecule has 1 aliphatic rings. The first-order valence-corrected chi connectivity index (χ1v) is 10.0. The van der Waals surface area contributed by atoms with Gasteiger partial charge in [-0.15, -0.1) is 24.0 Å². The molecule has 6 nitrogen and oxygen atoms in total. The number of aryl methyl sites for hydroxylation is 1. The zero-order valence-electron chi connectivity index (χ0n) is 16.4. The van der Waals surface area contributed by atoms with Gasteiger partial charge in [-0.25, -0.2) is 4.98 Å². The number of rotatable bonds is 8. The molecule has 150 valence electrons. The summed E-state index contributed by atoms with van der Waals surface area (Å²) >= 11 is 0. The number of halogens is 1. The predicted octanol–water partition coefficient (Wildman–Crippen LogP) is 3.09. The van der Waals surface area contributed by atoms with Gasteiger partial charge in [-0.2, -0.15) is 0 Å². The normalized spacial score (nSPS) is 15.5. The largest absolute Gasteiger partial charge is 0.357 e. The fourth-order valence-corrected chi connectivity index (χ4v) is 3.48. The Morgan fingerprint density at radius 3 is 2.74 bits per heavy atom. The van der Waals surface area contributed by atoms with Crippen molar-refractivity contribution in [1.82, 2.24) is 25.1 Å². The third kappa shape index (κ3) is 6.95. The van der Waals surface area contributed by atoms with Crippen LogP contribution in [0.4, 0.5) is 0 Å². The Balaban J connectivity index is 0.00000261. The van der Waals surface area contributed by atoms with Crippen LogP contribution in [-0.4, -0.2) is 59.7 Å². The second-order valence-electron chi connectivity index (χ2n) is 6.87. The number of aliphatic imine (C=N–C) groups is 1. The van der Waals surface area contributed by atoms with E-state index in [0.29, 0.717) is 0 Å². The van der Waals surface area contributed by atoms with Crippen molar-refractivity contribution >= 4 is 41.0 Å². The molecule has 0 amide bonds. The van der Waals surface area contributed by atoms with E-state index in [1.165, 1.54) is 37.9 Å². The fourth-order valence-electron chi connectivity index (χ4n) is 3.48. The van der Waals surface area contributed by atoms with Gasteiger partial charge in [0.05, 0.1) is 17.4 Å². The maximum Gasteiger partial charge on any atom is 0.191 e. The molecule has 1 fully saturated rings. The molecule has 2 heterocycles. The predicted molar refractivity (Wildman–Crippen MR) is 124 cm³/mol. The highest BCUT2D eigenvalue weighted by Gasteiger charge is 2.09. The Morgan fingerprint density at radius 1 is 1.11 bits per heavy atom. The van der Waals surface area contributed by atoms with Crippen LogP contribution in [0, 0.1) is 0 Å². The second kappa shape index (κ2) is 12.2. The average Bonchev–Trinajstić information content (AvgIpc) is 3.09. The van der Waals surface area contributed by atoms with Crippen LogP contribution < -0.4 is 10.6 Å². The van der Waals surface area contributed by atoms with Crippen LogP contribution >= 0.6 is 24.0 Å². The van der Waals surface area contributed by atoms with E-state index in [4.69, 9.17) is 4.99 Å². The molecule has 0 radical (unpaired) electrons. The van der Waals surface area contributed by atoms with Crippen LogP contribution in [0.1, 0.15) is 32.6 Å². The standard InChI is InChI=1S/C20H32N6.HI/c1-2-21-20(23-12-16-25-13-6-3-7-14-25)22-11-8-15-26-17-24-18-9-4-5-10-19(18)26;/h4-5,9-10,17H,2-3,6-8,11-16H2,1H3,(H2,21,22,23);1H. The topological polar surface area (TPSA) is 57.5 Å². The van der Waals surface area contributed by atoms with Gasteiger partial charge in [0.1, 0.15) is 0 Å². The first-order valence-electron chi connectivity index (χ1n) is 10.0. The Labute approximate surface area is 179 Å². The van der Waals surface area contributed by atoms with Crippen molar-refractivity contribution < 1.29 is 0 Å². The van der Waals surface area contributed by atoms with Gasteiger partial charge in [0.15, 0.2) is 5.96 Å². The average molecular weight is 484 g/mol. The quantitative estimate of drug-likeness (QED) is 0.262. The minimum Gasteiger partial charge on any atom is -0.357 e. The van der Waals surface area contributed by atoms with Crippen molar-refractivity contribution in [2.75, 3.05) is 39.3 Å². The van der Waals surface area contributed by atoms with Crippen LogP contribution in [0.25, 0.3) is 11.0 Å². The summed E-state index contributed by atoms with van der Waals surface area (Å²) in [5.41, 5.74) is 2.26. The minimum absolute atomic E-state index is 0. The molecule has 1 saturated heterocycles. The van der Waals surface area contributed by atoms with Crippen molar-refractivity contribution in [2.24, 2.45) is 4.99 Å². The number of aromatic nitrogens is 2. The molecule has 1 aromatic heterocycles. The lowest BCUT2D eigenvalue weighted by molar-refractivity contribution is 0.232. The highest BCUT2D eigenvalue weighted by atomic mass is 127. The van der Waals surface area contributed by atoms with Gasteiger partial charge in [-0.1, -0.05) is 18.6 Å². The lowest BCUT2D eigenvalue weighted by Gasteiger charge is -2.26. The molecule has 0 atom stereocenters. The first-order chi connectivity index (χ1) is 12.9. The smallest absolute Gasteiger partial charge is 0.191 e. The number of piperidine rings is 1. The number of imidazole rings is 1. The van der Waals surface area contributed by atoms with Crippen molar-refractivity contribution in [3.8, 4) is 0 Å². The van der Waals surface area contributed by atoms with E-state index in [1.54, 1.807) is 0 Å². The molecule has 0 bridgehead atoms. The molecule has 27 heavy (non-hydrogen) atoms.